The number of fused-ring (bicyclic) bond motifs is 2. The van der Waals surface area contributed by atoms with Gasteiger partial charge in [0.05, 0.1) is 73.1 Å². The molecule has 2 fully saturated rings. The highest BCUT2D eigenvalue weighted by atomic mass is 19.1. The van der Waals surface area contributed by atoms with Crippen molar-refractivity contribution in [2.24, 2.45) is 0 Å². The van der Waals surface area contributed by atoms with Crippen molar-refractivity contribution in [3.63, 3.8) is 0 Å². The number of hydrogen-bond acceptors (Lipinski definition) is 8. The summed E-state index contributed by atoms with van der Waals surface area (Å²) < 4.78 is 53.1. The van der Waals surface area contributed by atoms with Crippen molar-refractivity contribution in [2.45, 2.75) is 51.6 Å². The standard InChI is InChI=1S/2C26H24FN3O3/c2*1-17-13-29(16-28-17)23-10-3-18(12-25(23)32-2)11-20-6-9-22-14-33-15-24(30(22)26(20)31)19-4-7-21(27)8-5-19/h2*3-5,7-8,10-14,16,24H,6,9,15H2,1-2H3/b2*20-11+/t2*24-/m10/s1. The van der Waals surface area contributed by atoms with Crippen LogP contribution < -0.4 is 9.47 Å². The highest BCUT2D eigenvalue weighted by molar-refractivity contribution is 6.01. The SMILES string of the molecule is COc1cc(/C=C2\CCC3=COC[C@@H](c4ccc(F)cc4)N3C2=O)ccc1-n1cnc(C)c1.COc1cc(/C=C2\CCC3=COC[C@H](c4ccc(F)cc4)N3C2=O)ccc1-n1cnc(C)c1. The van der Waals surface area contributed by atoms with Gasteiger partial charge in [0.1, 0.15) is 48.9 Å². The lowest BCUT2D eigenvalue weighted by Gasteiger charge is -2.40. The largest absolute Gasteiger partial charge is 0.497 e. The summed E-state index contributed by atoms with van der Waals surface area (Å²) in [6.45, 7) is 4.54. The topological polar surface area (TPSA) is 113 Å². The molecule has 2 amide bonds. The van der Waals surface area contributed by atoms with E-state index in [0.29, 0.717) is 50.4 Å². The Bertz CT molecular complexity index is 2720. The number of allylic oxidation sites excluding steroid dienone is 2. The quantitative estimate of drug-likeness (QED) is 0.139. The zero-order chi connectivity index (χ0) is 45.9. The zero-order valence-corrected chi connectivity index (χ0v) is 37.0. The van der Waals surface area contributed by atoms with E-state index in [1.54, 1.807) is 73.5 Å². The molecule has 336 valence electrons. The molecule has 6 heterocycles. The molecule has 6 aromatic rings. The van der Waals surface area contributed by atoms with Gasteiger partial charge in [-0.3, -0.25) is 19.4 Å². The van der Waals surface area contributed by atoms with E-state index >= 15 is 0 Å². The van der Waals surface area contributed by atoms with E-state index in [2.05, 4.69) is 9.97 Å². The van der Waals surface area contributed by atoms with Crippen LogP contribution in [0.15, 0.2) is 145 Å². The first kappa shape index (κ1) is 43.5. The van der Waals surface area contributed by atoms with Gasteiger partial charge >= 0.3 is 0 Å². The van der Waals surface area contributed by atoms with E-state index < -0.39 is 0 Å². The summed E-state index contributed by atoms with van der Waals surface area (Å²) in [6.07, 6.45) is 17.2. The Labute approximate surface area is 381 Å². The first-order valence-corrected chi connectivity index (χ1v) is 21.7. The van der Waals surface area contributed by atoms with Crippen molar-refractivity contribution in [1.29, 1.82) is 0 Å². The molecule has 12 nitrogen and oxygen atoms in total. The summed E-state index contributed by atoms with van der Waals surface area (Å²) in [7, 11) is 3.26. The smallest absolute Gasteiger partial charge is 0.254 e. The monoisotopic (exact) mass is 890 g/mol. The second kappa shape index (κ2) is 18.8. The molecule has 2 atom stereocenters. The number of nitrogens with zero attached hydrogens (tertiary/aromatic N) is 6. The van der Waals surface area contributed by atoms with Gasteiger partial charge in [0.2, 0.25) is 0 Å². The molecule has 2 aromatic heterocycles. The predicted molar refractivity (Wildman–Crippen MR) is 244 cm³/mol. The van der Waals surface area contributed by atoms with Crippen LogP contribution in [0.1, 0.15) is 71.4 Å². The van der Waals surface area contributed by atoms with Crippen LogP contribution in [0.3, 0.4) is 0 Å². The van der Waals surface area contributed by atoms with Crippen molar-refractivity contribution in [3.8, 4) is 22.9 Å². The van der Waals surface area contributed by atoms with Crippen molar-refractivity contribution >= 4 is 24.0 Å². The summed E-state index contributed by atoms with van der Waals surface area (Å²) >= 11 is 0. The summed E-state index contributed by atoms with van der Waals surface area (Å²) in [5.74, 6) is 0.666. The first-order valence-electron chi connectivity index (χ1n) is 21.7. The van der Waals surface area contributed by atoms with Crippen molar-refractivity contribution in [2.75, 3.05) is 27.4 Å². The molecule has 0 N–H and O–H groups in total. The summed E-state index contributed by atoms with van der Waals surface area (Å²) in [5.41, 5.74) is 10.2. The molecule has 0 spiro atoms. The van der Waals surface area contributed by atoms with Gasteiger partial charge in [0.15, 0.2) is 0 Å². The third kappa shape index (κ3) is 8.99. The average Bonchev–Trinajstić information content (AvgIpc) is 3.98. The van der Waals surface area contributed by atoms with Gasteiger partial charge in [-0.25, -0.2) is 18.7 Å². The molecule has 2 saturated heterocycles. The third-order valence-corrected chi connectivity index (χ3v) is 12.1. The van der Waals surface area contributed by atoms with Crippen molar-refractivity contribution in [1.82, 2.24) is 28.9 Å². The highest BCUT2D eigenvalue weighted by Gasteiger charge is 2.38. The van der Waals surface area contributed by atoms with E-state index in [4.69, 9.17) is 18.9 Å². The van der Waals surface area contributed by atoms with Crippen LogP contribution in [0.2, 0.25) is 0 Å². The van der Waals surface area contributed by atoms with Crippen LogP contribution in [0.4, 0.5) is 8.78 Å². The number of piperidine rings is 2. The zero-order valence-electron chi connectivity index (χ0n) is 37.0. The molecule has 4 aliphatic heterocycles. The van der Waals surface area contributed by atoms with Gasteiger partial charge in [0.25, 0.3) is 11.8 Å². The molecular weight excluding hydrogens is 843 g/mol. The van der Waals surface area contributed by atoms with Crippen molar-refractivity contribution < 1.29 is 37.3 Å². The number of methoxy groups -OCH3 is 2. The number of benzene rings is 4. The number of rotatable bonds is 8. The van der Waals surface area contributed by atoms with E-state index in [1.165, 1.54) is 24.3 Å². The highest BCUT2D eigenvalue weighted by Crippen LogP contribution is 2.40. The summed E-state index contributed by atoms with van der Waals surface area (Å²) in [4.78, 5) is 39.1. The van der Waals surface area contributed by atoms with E-state index in [9.17, 15) is 18.4 Å². The van der Waals surface area contributed by atoms with Crippen LogP contribution in [0.25, 0.3) is 23.5 Å². The second-order valence-corrected chi connectivity index (χ2v) is 16.4. The number of amides is 2. The molecule has 0 radical (unpaired) electrons. The fraction of sp³-hybridized carbons (Fsp3) is 0.231. The number of aromatic nitrogens is 4. The second-order valence-electron chi connectivity index (χ2n) is 16.4. The molecule has 4 aromatic carbocycles. The van der Waals surface area contributed by atoms with Crippen LogP contribution in [-0.4, -0.2) is 68.1 Å². The molecule has 14 heteroatoms. The van der Waals surface area contributed by atoms with Gasteiger partial charge < -0.3 is 28.1 Å². The number of ether oxygens (including phenoxy) is 4. The average molecular weight is 891 g/mol. The van der Waals surface area contributed by atoms with Gasteiger partial charge in [-0.05, 0) is 122 Å². The Balaban J connectivity index is 0.000000166. The molecule has 0 bridgehead atoms. The number of imidazole rings is 2. The van der Waals surface area contributed by atoms with Crippen LogP contribution in [0, 0.1) is 25.5 Å². The summed E-state index contributed by atoms with van der Waals surface area (Å²) in [6, 6.07) is 23.6. The van der Waals surface area contributed by atoms with Crippen LogP contribution >= 0.6 is 0 Å². The molecule has 0 saturated carbocycles. The number of carbonyl (C=O) groups excluding carboxylic acids is 2. The molecule has 4 aliphatic rings. The molecule has 0 aliphatic carbocycles. The molecular formula is C52H48F2N6O6. The van der Waals surface area contributed by atoms with Crippen LogP contribution in [-0.2, 0) is 19.1 Å². The minimum absolute atomic E-state index is 0.0570. The Morgan fingerprint density at radius 1 is 0.591 bits per heavy atom. The fourth-order valence-corrected chi connectivity index (χ4v) is 8.72. The molecule has 10 rings (SSSR count). The van der Waals surface area contributed by atoms with E-state index in [0.717, 1.165) is 67.6 Å². The van der Waals surface area contributed by atoms with Gasteiger partial charge in [0, 0.05) is 23.5 Å². The lowest BCUT2D eigenvalue weighted by Crippen LogP contribution is -2.42. The maximum absolute atomic E-state index is 13.5. The first-order chi connectivity index (χ1) is 32.1. The normalized spacial score (nSPS) is 19.2. The maximum atomic E-state index is 13.5. The predicted octanol–water partition coefficient (Wildman–Crippen LogP) is 9.89. The minimum Gasteiger partial charge on any atom is -0.497 e. The number of hydrogen-bond donors (Lipinski definition) is 0. The van der Waals surface area contributed by atoms with E-state index in [-0.39, 0.29) is 35.5 Å². The Kier molecular flexibility index (Phi) is 12.4. The third-order valence-electron chi connectivity index (χ3n) is 12.1. The van der Waals surface area contributed by atoms with E-state index in [1.807, 2.05) is 83.9 Å². The minimum atomic E-state index is -0.306. The van der Waals surface area contributed by atoms with Crippen molar-refractivity contribution in [3.05, 3.63) is 190 Å². The number of halogens is 2. The van der Waals surface area contributed by atoms with Crippen LogP contribution in [0.5, 0.6) is 11.5 Å². The Hall–Kier alpha value is -7.74. The van der Waals surface area contributed by atoms with Gasteiger partial charge in [-0.15, -0.1) is 0 Å². The lowest BCUT2D eigenvalue weighted by atomic mass is 9.94. The number of aryl methyl sites for hydroxylation is 2. The van der Waals surface area contributed by atoms with Gasteiger partial charge in [-0.1, -0.05) is 36.4 Å². The number of carbonyl (C=O) groups is 2. The Morgan fingerprint density at radius 3 is 1.36 bits per heavy atom. The maximum Gasteiger partial charge on any atom is 0.254 e. The lowest BCUT2D eigenvalue weighted by molar-refractivity contribution is -0.131. The molecule has 66 heavy (non-hydrogen) atoms. The summed E-state index contributed by atoms with van der Waals surface area (Å²) in [5, 5.41) is 0. The fourth-order valence-electron chi connectivity index (χ4n) is 8.72. The van der Waals surface area contributed by atoms with Gasteiger partial charge in [-0.2, -0.15) is 0 Å². The molecule has 0 unspecified atom stereocenters. The Morgan fingerprint density at radius 2 is 1.00 bits per heavy atom.